The Kier molecular flexibility index (Phi) is 2.57. The third-order valence-corrected chi connectivity index (χ3v) is 3.20. The third kappa shape index (κ3) is 1.81. The molecule has 0 aliphatic rings. The minimum absolute atomic E-state index is 0.846. The van der Waals surface area contributed by atoms with Gasteiger partial charge in [0.15, 0.2) is 0 Å². The van der Waals surface area contributed by atoms with Crippen LogP contribution in [-0.2, 0) is 0 Å². The minimum atomic E-state index is 0.846. The Labute approximate surface area is 109 Å². The summed E-state index contributed by atoms with van der Waals surface area (Å²) in [4.78, 5) is 1.72. The second-order valence-electron chi connectivity index (χ2n) is 3.66. The molecule has 0 aliphatic heterocycles. The van der Waals surface area contributed by atoms with E-state index >= 15 is 0 Å². The number of hydrogen-bond acceptors (Lipinski definition) is 4. The highest BCUT2D eigenvalue weighted by Crippen LogP contribution is 2.24. The van der Waals surface area contributed by atoms with Gasteiger partial charge in [-0.3, -0.25) is 0 Å². The van der Waals surface area contributed by atoms with Crippen molar-refractivity contribution in [3.63, 3.8) is 0 Å². The second-order valence-corrected chi connectivity index (χ2v) is 4.66. The van der Waals surface area contributed by atoms with Crippen LogP contribution in [0.15, 0.2) is 52.3 Å². The maximum absolute atomic E-state index is 4.43. The van der Waals surface area contributed by atoms with Crippen LogP contribution in [-0.4, -0.2) is 15.0 Å². The molecule has 5 heteroatoms. The molecule has 3 nitrogen and oxygen atoms in total. The number of para-hydroxylation sites is 1. The SMILES string of the molecule is Sc1ccc(S)c(-n2nnc3ccccc32)c1. The first-order valence-corrected chi connectivity index (χ1v) is 5.98. The summed E-state index contributed by atoms with van der Waals surface area (Å²) in [6.07, 6.45) is 0. The highest BCUT2D eigenvalue weighted by Gasteiger charge is 2.08. The quantitative estimate of drug-likeness (QED) is 0.658. The molecule has 84 valence electrons. The molecule has 0 amide bonds. The molecule has 2 aromatic carbocycles. The zero-order valence-electron chi connectivity index (χ0n) is 8.78. The number of rotatable bonds is 1. The van der Waals surface area contributed by atoms with Crippen molar-refractivity contribution in [1.82, 2.24) is 15.0 Å². The lowest BCUT2D eigenvalue weighted by Gasteiger charge is -2.06. The average molecular weight is 259 g/mol. The molecule has 3 aromatic rings. The van der Waals surface area contributed by atoms with Gasteiger partial charge < -0.3 is 0 Å². The lowest BCUT2D eigenvalue weighted by atomic mass is 10.3. The zero-order valence-corrected chi connectivity index (χ0v) is 10.6. The van der Waals surface area contributed by atoms with Gasteiger partial charge in [-0.05, 0) is 30.3 Å². The van der Waals surface area contributed by atoms with Gasteiger partial charge in [-0.2, -0.15) is 0 Å². The van der Waals surface area contributed by atoms with Crippen molar-refractivity contribution in [1.29, 1.82) is 0 Å². The van der Waals surface area contributed by atoms with Gasteiger partial charge in [-0.1, -0.05) is 17.3 Å². The molecule has 17 heavy (non-hydrogen) atoms. The number of thiol groups is 2. The van der Waals surface area contributed by atoms with E-state index in [9.17, 15) is 0 Å². The van der Waals surface area contributed by atoms with Gasteiger partial charge in [-0.15, -0.1) is 30.4 Å². The van der Waals surface area contributed by atoms with Crippen LogP contribution < -0.4 is 0 Å². The van der Waals surface area contributed by atoms with E-state index in [1.54, 1.807) is 4.68 Å². The number of aromatic nitrogens is 3. The summed E-state index contributed by atoms with van der Waals surface area (Å²) in [5, 5.41) is 8.27. The first kappa shape index (κ1) is 10.7. The van der Waals surface area contributed by atoms with Gasteiger partial charge in [0.25, 0.3) is 0 Å². The Balaban J connectivity index is 2.31. The molecule has 0 spiro atoms. The fraction of sp³-hybridized carbons (Fsp3) is 0. The lowest BCUT2D eigenvalue weighted by Crippen LogP contribution is -1.97. The standard InChI is InChI=1S/C12H9N3S2/c16-8-5-6-12(17)11(7-8)15-10-4-2-1-3-9(10)13-14-15/h1-7,16-17H. The number of nitrogens with zero attached hydrogens (tertiary/aromatic N) is 3. The minimum Gasteiger partial charge on any atom is -0.212 e. The molecule has 1 aromatic heterocycles. The van der Waals surface area contributed by atoms with Crippen molar-refractivity contribution in [2.75, 3.05) is 0 Å². The fourth-order valence-electron chi connectivity index (χ4n) is 1.73. The van der Waals surface area contributed by atoms with Crippen LogP contribution in [0.25, 0.3) is 16.7 Å². The monoisotopic (exact) mass is 259 g/mol. The van der Waals surface area contributed by atoms with Crippen LogP contribution in [0.3, 0.4) is 0 Å². The summed E-state index contributed by atoms with van der Waals surface area (Å²) >= 11 is 8.77. The Hall–Kier alpha value is -1.46. The van der Waals surface area contributed by atoms with Crippen LogP contribution in [0.4, 0.5) is 0 Å². The van der Waals surface area contributed by atoms with Gasteiger partial charge in [0.05, 0.1) is 11.2 Å². The molecule has 0 radical (unpaired) electrons. The number of hydrogen-bond donors (Lipinski definition) is 2. The maximum atomic E-state index is 4.43. The predicted molar refractivity (Wildman–Crippen MR) is 73.4 cm³/mol. The molecular weight excluding hydrogens is 250 g/mol. The van der Waals surface area contributed by atoms with Gasteiger partial charge in [0.1, 0.15) is 5.52 Å². The van der Waals surface area contributed by atoms with Gasteiger partial charge in [-0.25, -0.2) is 4.68 Å². The molecule has 0 aliphatic carbocycles. The smallest absolute Gasteiger partial charge is 0.113 e. The van der Waals surface area contributed by atoms with E-state index in [1.807, 2.05) is 42.5 Å². The van der Waals surface area contributed by atoms with E-state index in [2.05, 4.69) is 35.6 Å². The largest absolute Gasteiger partial charge is 0.212 e. The van der Waals surface area contributed by atoms with E-state index in [0.29, 0.717) is 0 Å². The number of fused-ring (bicyclic) bond motifs is 1. The van der Waals surface area contributed by atoms with Crippen molar-refractivity contribution in [2.24, 2.45) is 0 Å². The fourth-order valence-corrected chi connectivity index (χ4v) is 2.16. The van der Waals surface area contributed by atoms with E-state index in [4.69, 9.17) is 0 Å². The Morgan fingerprint density at radius 2 is 1.82 bits per heavy atom. The van der Waals surface area contributed by atoms with Gasteiger partial charge in [0.2, 0.25) is 0 Å². The summed E-state index contributed by atoms with van der Waals surface area (Å²) in [7, 11) is 0. The summed E-state index contributed by atoms with van der Waals surface area (Å²) in [5.41, 5.74) is 2.71. The molecule has 0 atom stereocenters. The molecule has 0 unspecified atom stereocenters. The third-order valence-electron chi connectivity index (χ3n) is 2.54. The lowest BCUT2D eigenvalue weighted by molar-refractivity contribution is 0.809. The molecule has 0 bridgehead atoms. The highest BCUT2D eigenvalue weighted by molar-refractivity contribution is 7.80. The molecule has 3 rings (SSSR count). The highest BCUT2D eigenvalue weighted by atomic mass is 32.1. The van der Waals surface area contributed by atoms with E-state index in [-0.39, 0.29) is 0 Å². The van der Waals surface area contributed by atoms with Gasteiger partial charge >= 0.3 is 0 Å². The van der Waals surface area contributed by atoms with Crippen LogP contribution >= 0.6 is 25.3 Å². The van der Waals surface area contributed by atoms with E-state index < -0.39 is 0 Å². The first-order valence-electron chi connectivity index (χ1n) is 5.08. The topological polar surface area (TPSA) is 30.7 Å². The Bertz CT molecular complexity index is 691. The van der Waals surface area contributed by atoms with Crippen LogP contribution in [0.5, 0.6) is 0 Å². The van der Waals surface area contributed by atoms with Crippen molar-refractivity contribution >= 4 is 36.3 Å². The zero-order chi connectivity index (χ0) is 11.8. The summed E-state index contributed by atoms with van der Waals surface area (Å²) in [6.45, 7) is 0. The normalized spacial score (nSPS) is 10.9. The maximum Gasteiger partial charge on any atom is 0.113 e. The summed E-state index contributed by atoms with van der Waals surface area (Å²) in [5.74, 6) is 0. The average Bonchev–Trinajstić information content (AvgIpc) is 2.76. The van der Waals surface area contributed by atoms with Crippen LogP contribution in [0.2, 0.25) is 0 Å². The molecule has 0 fully saturated rings. The molecular formula is C12H9N3S2. The van der Waals surface area contributed by atoms with E-state index in [0.717, 1.165) is 26.5 Å². The Morgan fingerprint density at radius 1 is 1.00 bits per heavy atom. The molecule has 0 saturated heterocycles. The molecule has 0 saturated carbocycles. The predicted octanol–water partition coefficient (Wildman–Crippen LogP) is 3.00. The van der Waals surface area contributed by atoms with Crippen molar-refractivity contribution < 1.29 is 0 Å². The summed E-state index contributed by atoms with van der Waals surface area (Å²) < 4.78 is 1.78. The number of benzene rings is 2. The Morgan fingerprint density at radius 3 is 2.71 bits per heavy atom. The van der Waals surface area contributed by atoms with Crippen LogP contribution in [0, 0.1) is 0 Å². The van der Waals surface area contributed by atoms with Crippen LogP contribution in [0.1, 0.15) is 0 Å². The molecule has 0 N–H and O–H groups in total. The second kappa shape index (κ2) is 4.09. The molecule has 1 heterocycles. The van der Waals surface area contributed by atoms with Gasteiger partial charge in [0, 0.05) is 9.79 Å². The van der Waals surface area contributed by atoms with E-state index in [1.165, 1.54) is 0 Å². The van der Waals surface area contributed by atoms with Crippen molar-refractivity contribution in [3.05, 3.63) is 42.5 Å². The van der Waals surface area contributed by atoms with Crippen molar-refractivity contribution in [2.45, 2.75) is 9.79 Å². The van der Waals surface area contributed by atoms with Crippen molar-refractivity contribution in [3.8, 4) is 5.69 Å². The first-order chi connectivity index (χ1) is 8.25. The summed E-state index contributed by atoms with van der Waals surface area (Å²) in [6, 6.07) is 13.5.